The zero-order chi connectivity index (χ0) is 17.9. The summed E-state index contributed by atoms with van der Waals surface area (Å²) in [6.45, 7) is 4.73. The largest absolute Gasteiger partial charge is 0.492 e. The van der Waals surface area contributed by atoms with Gasteiger partial charge in [0.25, 0.3) is 11.8 Å². The first-order valence-electron chi connectivity index (χ1n) is 7.38. The third-order valence-corrected chi connectivity index (χ3v) is 3.46. The molecule has 0 spiro atoms. The number of carbonyl (C=O) groups excluding carboxylic acids is 2. The van der Waals surface area contributed by atoms with Gasteiger partial charge in [-0.05, 0) is 59.7 Å². The van der Waals surface area contributed by atoms with Crippen molar-refractivity contribution in [1.29, 1.82) is 0 Å². The highest BCUT2D eigenvalue weighted by atomic mass is 79.9. The Morgan fingerprint density at radius 3 is 2.62 bits per heavy atom. The highest BCUT2D eigenvalue weighted by Crippen LogP contribution is 2.26. The van der Waals surface area contributed by atoms with Crippen LogP contribution in [0.2, 0.25) is 0 Å². The summed E-state index contributed by atoms with van der Waals surface area (Å²) in [4.78, 5) is 23.5. The van der Waals surface area contributed by atoms with Crippen molar-refractivity contribution in [2.24, 2.45) is 0 Å². The summed E-state index contributed by atoms with van der Waals surface area (Å²) in [6.07, 6.45) is 0.892. The summed E-state index contributed by atoms with van der Waals surface area (Å²) in [5.41, 5.74) is 5.15. The SMILES string of the molecule is CCCOc1ccc(C(=O)NC(=S)NNC(=O)COCC)cc1Br. The van der Waals surface area contributed by atoms with Gasteiger partial charge in [0.05, 0.1) is 11.1 Å². The van der Waals surface area contributed by atoms with E-state index in [0.717, 1.165) is 6.42 Å². The lowest BCUT2D eigenvalue weighted by molar-refractivity contribution is -0.126. The summed E-state index contributed by atoms with van der Waals surface area (Å²) in [5.74, 6) is -0.139. The van der Waals surface area contributed by atoms with Crippen molar-refractivity contribution in [1.82, 2.24) is 16.2 Å². The second-order valence-electron chi connectivity index (χ2n) is 4.59. The van der Waals surface area contributed by atoms with Gasteiger partial charge in [0.1, 0.15) is 12.4 Å². The number of carbonyl (C=O) groups is 2. The Bertz CT molecular complexity index is 598. The van der Waals surface area contributed by atoms with Crippen molar-refractivity contribution in [3.8, 4) is 5.75 Å². The fourth-order valence-corrected chi connectivity index (χ4v) is 2.17. The molecule has 132 valence electrons. The molecule has 0 radical (unpaired) electrons. The molecule has 0 aliphatic heterocycles. The summed E-state index contributed by atoms with van der Waals surface area (Å²) in [7, 11) is 0. The maximum atomic E-state index is 12.1. The number of thiocarbonyl (C=S) groups is 1. The molecule has 9 heteroatoms. The standard InChI is InChI=1S/C15H20BrN3O4S/c1-3-7-23-12-6-5-10(8-11(12)16)14(21)17-15(24)19-18-13(20)9-22-4-2/h5-6,8H,3-4,7,9H2,1-2H3,(H,18,20)(H2,17,19,21,24). The zero-order valence-electron chi connectivity index (χ0n) is 13.5. The number of hydrogen-bond donors (Lipinski definition) is 3. The van der Waals surface area contributed by atoms with E-state index in [1.54, 1.807) is 25.1 Å². The minimum Gasteiger partial charge on any atom is -0.492 e. The second kappa shape index (κ2) is 11.0. The molecule has 24 heavy (non-hydrogen) atoms. The average molecular weight is 418 g/mol. The van der Waals surface area contributed by atoms with E-state index >= 15 is 0 Å². The van der Waals surface area contributed by atoms with Crippen LogP contribution in [-0.4, -0.2) is 36.7 Å². The van der Waals surface area contributed by atoms with Gasteiger partial charge in [-0.3, -0.25) is 25.8 Å². The van der Waals surface area contributed by atoms with Crippen LogP contribution in [0.1, 0.15) is 30.6 Å². The molecule has 3 N–H and O–H groups in total. The Labute approximate surface area is 154 Å². The van der Waals surface area contributed by atoms with E-state index in [4.69, 9.17) is 21.7 Å². The van der Waals surface area contributed by atoms with E-state index in [0.29, 0.717) is 29.0 Å². The highest BCUT2D eigenvalue weighted by Gasteiger charge is 2.11. The first kappa shape index (κ1) is 20.3. The Kier molecular flexibility index (Phi) is 9.28. The Morgan fingerprint density at radius 2 is 2.00 bits per heavy atom. The Morgan fingerprint density at radius 1 is 1.25 bits per heavy atom. The van der Waals surface area contributed by atoms with Gasteiger partial charge in [-0.15, -0.1) is 0 Å². The number of nitrogens with one attached hydrogen (secondary N) is 3. The molecule has 2 amide bonds. The molecule has 1 rings (SSSR count). The van der Waals surface area contributed by atoms with Gasteiger partial charge in [0, 0.05) is 12.2 Å². The van der Waals surface area contributed by atoms with Crippen LogP contribution in [0, 0.1) is 0 Å². The molecule has 1 aromatic carbocycles. The lowest BCUT2D eigenvalue weighted by Gasteiger charge is -2.12. The topological polar surface area (TPSA) is 88.7 Å². The zero-order valence-corrected chi connectivity index (χ0v) is 15.9. The third kappa shape index (κ3) is 7.24. The molecular weight excluding hydrogens is 398 g/mol. The predicted octanol–water partition coefficient (Wildman–Crippen LogP) is 1.91. The van der Waals surface area contributed by atoms with Crippen molar-refractivity contribution in [3.63, 3.8) is 0 Å². The summed E-state index contributed by atoms with van der Waals surface area (Å²) < 4.78 is 11.1. The predicted molar refractivity (Wildman–Crippen MR) is 97.8 cm³/mol. The molecule has 0 aliphatic rings. The molecule has 7 nitrogen and oxygen atoms in total. The van der Waals surface area contributed by atoms with E-state index in [1.165, 1.54) is 0 Å². The van der Waals surface area contributed by atoms with Gasteiger partial charge >= 0.3 is 0 Å². The van der Waals surface area contributed by atoms with Crippen molar-refractivity contribution < 1.29 is 19.1 Å². The van der Waals surface area contributed by atoms with Crippen LogP contribution in [0.15, 0.2) is 22.7 Å². The van der Waals surface area contributed by atoms with Gasteiger partial charge in [-0.1, -0.05) is 6.92 Å². The van der Waals surface area contributed by atoms with Crippen LogP contribution in [0.4, 0.5) is 0 Å². The maximum absolute atomic E-state index is 12.1. The van der Waals surface area contributed by atoms with Gasteiger partial charge in [-0.2, -0.15) is 0 Å². The van der Waals surface area contributed by atoms with Crippen LogP contribution in [-0.2, 0) is 9.53 Å². The summed E-state index contributed by atoms with van der Waals surface area (Å²) >= 11 is 8.30. The van der Waals surface area contributed by atoms with Crippen LogP contribution in [0.3, 0.4) is 0 Å². The molecular formula is C15H20BrN3O4S. The molecule has 0 atom stereocenters. The van der Waals surface area contributed by atoms with Crippen LogP contribution >= 0.6 is 28.1 Å². The number of rotatable bonds is 7. The monoisotopic (exact) mass is 417 g/mol. The number of amides is 2. The lowest BCUT2D eigenvalue weighted by atomic mass is 10.2. The van der Waals surface area contributed by atoms with Crippen LogP contribution < -0.4 is 20.9 Å². The van der Waals surface area contributed by atoms with Crippen molar-refractivity contribution in [2.45, 2.75) is 20.3 Å². The van der Waals surface area contributed by atoms with Gasteiger partial charge in [0.2, 0.25) is 0 Å². The lowest BCUT2D eigenvalue weighted by Crippen LogP contribution is -2.49. The number of halogens is 1. The minimum absolute atomic E-state index is 0.0210. The van der Waals surface area contributed by atoms with E-state index < -0.39 is 11.8 Å². The minimum atomic E-state index is -0.408. The number of hydrazine groups is 1. The quantitative estimate of drug-likeness (QED) is 0.463. The molecule has 0 aromatic heterocycles. The normalized spacial score (nSPS) is 9.96. The van der Waals surface area contributed by atoms with Crippen molar-refractivity contribution in [2.75, 3.05) is 19.8 Å². The number of benzene rings is 1. The number of hydrogen-bond acceptors (Lipinski definition) is 5. The van der Waals surface area contributed by atoms with Crippen molar-refractivity contribution in [3.05, 3.63) is 28.2 Å². The molecule has 0 bridgehead atoms. The molecule has 0 fully saturated rings. The van der Waals surface area contributed by atoms with Crippen molar-refractivity contribution >= 4 is 45.1 Å². The van der Waals surface area contributed by atoms with E-state index in [9.17, 15) is 9.59 Å². The van der Waals surface area contributed by atoms with Gasteiger partial charge in [0.15, 0.2) is 5.11 Å². The average Bonchev–Trinajstić information content (AvgIpc) is 2.56. The summed E-state index contributed by atoms with van der Waals surface area (Å²) in [6, 6.07) is 4.97. The fraction of sp³-hybridized carbons (Fsp3) is 0.400. The molecule has 1 aromatic rings. The highest BCUT2D eigenvalue weighted by molar-refractivity contribution is 9.10. The summed E-state index contributed by atoms with van der Waals surface area (Å²) in [5, 5.41) is 2.44. The van der Waals surface area contributed by atoms with Gasteiger partial charge in [-0.25, -0.2) is 0 Å². The third-order valence-electron chi connectivity index (χ3n) is 2.64. The first-order valence-corrected chi connectivity index (χ1v) is 8.58. The van der Waals surface area contributed by atoms with Gasteiger partial charge < -0.3 is 9.47 Å². The number of ether oxygens (including phenoxy) is 2. The fourth-order valence-electron chi connectivity index (χ4n) is 1.54. The second-order valence-corrected chi connectivity index (χ2v) is 5.85. The van der Waals surface area contributed by atoms with E-state index in [-0.39, 0.29) is 11.7 Å². The first-order chi connectivity index (χ1) is 11.5. The smallest absolute Gasteiger partial charge is 0.264 e. The molecule has 0 aliphatic carbocycles. The molecule has 0 saturated heterocycles. The molecule has 0 unspecified atom stereocenters. The Hall–Kier alpha value is -1.71. The van der Waals surface area contributed by atoms with Crippen LogP contribution in [0.25, 0.3) is 0 Å². The molecule has 0 saturated carbocycles. The Balaban J connectivity index is 2.50. The van der Waals surface area contributed by atoms with E-state index in [2.05, 4.69) is 32.1 Å². The van der Waals surface area contributed by atoms with Crippen LogP contribution in [0.5, 0.6) is 5.75 Å². The van der Waals surface area contributed by atoms with E-state index in [1.807, 2.05) is 6.92 Å². The molecule has 0 heterocycles. The maximum Gasteiger partial charge on any atom is 0.264 e.